The van der Waals surface area contributed by atoms with Crippen molar-refractivity contribution in [1.82, 2.24) is 25.2 Å². The highest BCUT2D eigenvalue weighted by atomic mass is 19.1. The zero-order chi connectivity index (χ0) is 24.7. The number of amides is 3. The first-order valence-electron chi connectivity index (χ1n) is 12.3. The van der Waals surface area contributed by atoms with Gasteiger partial charge >= 0.3 is 0 Å². The minimum atomic E-state index is -0.615. The van der Waals surface area contributed by atoms with Crippen LogP contribution in [0.3, 0.4) is 0 Å². The summed E-state index contributed by atoms with van der Waals surface area (Å²) in [6, 6.07) is 0. The van der Waals surface area contributed by atoms with Crippen LogP contribution < -0.4 is 5.32 Å². The summed E-state index contributed by atoms with van der Waals surface area (Å²) in [4.78, 5) is 46.6. The third kappa shape index (κ3) is 6.94. The smallest absolute Gasteiger partial charge is 0.233 e. The number of likely N-dealkylation sites (tertiary alicyclic amines) is 1. The molecule has 2 aliphatic rings. The van der Waals surface area contributed by atoms with Gasteiger partial charge in [0, 0.05) is 25.4 Å². The van der Waals surface area contributed by atoms with E-state index < -0.39 is 17.7 Å². The van der Waals surface area contributed by atoms with Crippen LogP contribution in [0, 0.1) is 30.5 Å². The maximum Gasteiger partial charge on any atom is 0.233 e. The number of rotatable bonds is 11. The third-order valence-electron chi connectivity index (χ3n) is 6.86. The lowest BCUT2D eigenvalue weighted by Crippen LogP contribution is -2.38. The second-order valence-corrected chi connectivity index (χ2v) is 9.64. The molecule has 34 heavy (non-hydrogen) atoms. The third-order valence-corrected chi connectivity index (χ3v) is 6.86. The molecule has 1 saturated carbocycles. The molecule has 2 heterocycles. The van der Waals surface area contributed by atoms with Crippen LogP contribution in [0.1, 0.15) is 69.1 Å². The molecule has 0 radical (unpaired) electrons. The van der Waals surface area contributed by atoms with E-state index in [9.17, 15) is 19.6 Å². The topological polar surface area (TPSA) is 116 Å². The first-order chi connectivity index (χ1) is 16.3. The lowest BCUT2D eigenvalue weighted by molar-refractivity contribution is -0.155. The Kier molecular flexibility index (Phi) is 9.32. The molecule has 0 bridgehead atoms. The quantitative estimate of drug-likeness (QED) is 0.287. The monoisotopic (exact) mass is 477 g/mol. The van der Waals surface area contributed by atoms with E-state index in [1.165, 1.54) is 0 Å². The molecule has 9 nitrogen and oxygen atoms in total. The van der Waals surface area contributed by atoms with Crippen LogP contribution in [-0.4, -0.2) is 63.0 Å². The SMILES string of the molecule is Cc1nc(CNC(=O)[C@H](CC2CCCC2)CN(O)C=O)c(F)c(C[C@H](C)C(=O)N2CCCC2)n1. The summed E-state index contributed by atoms with van der Waals surface area (Å²) >= 11 is 0. The van der Waals surface area contributed by atoms with E-state index in [0.717, 1.165) is 51.6 Å². The molecule has 10 heteroatoms. The second kappa shape index (κ2) is 12.2. The van der Waals surface area contributed by atoms with Crippen LogP contribution in [0.2, 0.25) is 0 Å². The van der Waals surface area contributed by atoms with Gasteiger partial charge in [-0.05, 0) is 32.1 Å². The van der Waals surface area contributed by atoms with Crippen molar-refractivity contribution in [2.45, 2.75) is 71.8 Å². The Balaban J connectivity index is 1.65. The van der Waals surface area contributed by atoms with Crippen LogP contribution in [-0.2, 0) is 27.3 Å². The van der Waals surface area contributed by atoms with E-state index in [4.69, 9.17) is 0 Å². The molecule has 1 aromatic rings. The van der Waals surface area contributed by atoms with Crippen molar-refractivity contribution in [1.29, 1.82) is 0 Å². The average Bonchev–Trinajstić information content (AvgIpc) is 3.53. The first-order valence-corrected chi connectivity index (χ1v) is 12.3. The predicted octanol–water partition coefficient (Wildman–Crippen LogP) is 2.39. The molecule has 2 fully saturated rings. The Bertz CT molecular complexity index is 871. The number of halogens is 1. The Hall–Kier alpha value is -2.62. The highest BCUT2D eigenvalue weighted by Crippen LogP contribution is 2.30. The van der Waals surface area contributed by atoms with Crippen molar-refractivity contribution >= 4 is 18.2 Å². The molecule has 0 unspecified atom stereocenters. The minimum Gasteiger partial charge on any atom is -0.350 e. The molecule has 3 amide bonds. The van der Waals surface area contributed by atoms with Gasteiger partial charge in [0.1, 0.15) is 5.82 Å². The number of hydrogen-bond acceptors (Lipinski definition) is 6. The Morgan fingerprint density at radius 2 is 1.85 bits per heavy atom. The maximum absolute atomic E-state index is 15.2. The number of hydrogen-bond donors (Lipinski definition) is 2. The maximum atomic E-state index is 15.2. The molecule has 2 atom stereocenters. The summed E-state index contributed by atoms with van der Waals surface area (Å²) in [7, 11) is 0. The van der Waals surface area contributed by atoms with Gasteiger partial charge in [0.25, 0.3) is 0 Å². The zero-order valence-electron chi connectivity index (χ0n) is 20.1. The molecule has 0 aromatic carbocycles. The zero-order valence-corrected chi connectivity index (χ0v) is 20.1. The molecular weight excluding hydrogens is 441 g/mol. The van der Waals surface area contributed by atoms with Crippen LogP contribution in [0.25, 0.3) is 0 Å². The van der Waals surface area contributed by atoms with Crippen molar-refractivity contribution < 1.29 is 24.0 Å². The number of aromatic nitrogens is 2. The molecule has 2 N–H and O–H groups in total. The van der Waals surface area contributed by atoms with E-state index in [2.05, 4.69) is 15.3 Å². The van der Waals surface area contributed by atoms with E-state index >= 15 is 4.39 Å². The van der Waals surface area contributed by atoms with Crippen LogP contribution in [0.15, 0.2) is 0 Å². The molecule has 3 rings (SSSR count). The largest absolute Gasteiger partial charge is 0.350 e. The highest BCUT2D eigenvalue weighted by molar-refractivity contribution is 5.79. The number of carbonyl (C=O) groups excluding carboxylic acids is 3. The number of hydroxylamine groups is 2. The number of nitrogens with one attached hydrogen (secondary N) is 1. The fourth-order valence-corrected chi connectivity index (χ4v) is 5.06. The van der Waals surface area contributed by atoms with E-state index in [-0.39, 0.29) is 49.1 Å². The van der Waals surface area contributed by atoms with Gasteiger partial charge in [-0.3, -0.25) is 19.6 Å². The van der Waals surface area contributed by atoms with E-state index in [1.807, 2.05) is 4.90 Å². The summed E-state index contributed by atoms with van der Waals surface area (Å²) in [5.74, 6) is -1.23. The second-order valence-electron chi connectivity index (χ2n) is 9.64. The van der Waals surface area contributed by atoms with Crippen molar-refractivity contribution in [3.8, 4) is 0 Å². The van der Waals surface area contributed by atoms with Gasteiger partial charge in [0.05, 0.1) is 30.4 Å². The summed E-state index contributed by atoms with van der Waals surface area (Å²) in [5.41, 5.74) is 0.231. The molecule has 1 aromatic heterocycles. The van der Waals surface area contributed by atoms with Crippen molar-refractivity contribution in [2.24, 2.45) is 17.8 Å². The van der Waals surface area contributed by atoms with Gasteiger partial charge in [-0.25, -0.2) is 19.4 Å². The van der Waals surface area contributed by atoms with Gasteiger partial charge < -0.3 is 10.2 Å². The molecule has 1 saturated heterocycles. The molecular formula is C24H36FN5O4. The molecule has 188 valence electrons. The lowest BCUT2D eigenvalue weighted by atomic mass is 9.92. The van der Waals surface area contributed by atoms with Crippen LogP contribution in [0.4, 0.5) is 4.39 Å². The van der Waals surface area contributed by atoms with Crippen molar-refractivity contribution in [3.63, 3.8) is 0 Å². The van der Waals surface area contributed by atoms with Gasteiger partial charge in [0.15, 0.2) is 5.82 Å². The Morgan fingerprint density at radius 3 is 2.50 bits per heavy atom. The average molecular weight is 478 g/mol. The summed E-state index contributed by atoms with van der Waals surface area (Å²) < 4.78 is 15.2. The fraction of sp³-hybridized carbons (Fsp3) is 0.708. The van der Waals surface area contributed by atoms with Crippen LogP contribution in [0.5, 0.6) is 0 Å². The fourth-order valence-electron chi connectivity index (χ4n) is 5.06. The molecule has 1 aliphatic carbocycles. The van der Waals surface area contributed by atoms with E-state index in [0.29, 0.717) is 23.2 Å². The lowest BCUT2D eigenvalue weighted by Gasteiger charge is -2.22. The number of aryl methyl sites for hydroxylation is 1. The number of carbonyl (C=O) groups is 3. The van der Waals surface area contributed by atoms with Gasteiger partial charge in [-0.2, -0.15) is 0 Å². The Labute approximate surface area is 200 Å². The summed E-state index contributed by atoms with van der Waals surface area (Å²) in [6.45, 7) is 4.66. The summed E-state index contributed by atoms with van der Waals surface area (Å²) in [6.07, 6.45) is 7.25. The standard InChI is InChI=1S/C24H36FN5O4/c1-16(24(33)29-9-5-6-10-29)11-20-22(25)21(28-17(2)27-20)13-26-23(32)19(14-30(34)15-31)12-18-7-3-4-8-18/h15-16,18-19,34H,3-14H2,1-2H3,(H,26,32)/t16-,19+/m0/s1. The van der Waals surface area contributed by atoms with Crippen molar-refractivity contribution in [2.75, 3.05) is 19.6 Å². The summed E-state index contributed by atoms with van der Waals surface area (Å²) in [5, 5.41) is 12.8. The molecule has 1 aliphatic heterocycles. The van der Waals surface area contributed by atoms with Gasteiger partial charge in [-0.15, -0.1) is 0 Å². The van der Waals surface area contributed by atoms with Crippen molar-refractivity contribution in [3.05, 3.63) is 23.0 Å². The normalized spacial score (nSPS) is 18.1. The minimum absolute atomic E-state index is 0.00140. The first kappa shape index (κ1) is 26.0. The number of nitrogens with zero attached hydrogens (tertiary/aromatic N) is 4. The highest BCUT2D eigenvalue weighted by Gasteiger charge is 2.28. The molecule has 0 spiro atoms. The Morgan fingerprint density at radius 1 is 1.21 bits per heavy atom. The van der Waals surface area contributed by atoms with Gasteiger partial charge in [0.2, 0.25) is 18.2 Å². The van der Waals surface area contributed by atoms with E-state index in [1.54, 1.807) is 13.8 Å². The van der Waals surface area contributed by atoms with Gasteiger partial charge in [-0.1, -0.05) is 32.6 Å². The van der Waals surface area contributed by atoms with Crippen LogP contribution >= 0.6 is 0 Å². The predicted molar refractivity (Wildman–Crippen MR) is 122 cm³/mol.